The van der Waals surface area contributed by atoms with Gasteiger partial charge in [0.25, 0.3) is 0 Å². The molecule has 1 aliphatic rings. The Morgan fingerprint density at radius 2 is 2.00 bits per heavy atom. The first-order chi connectivity index (χ1) is 11.7. The lowest BCUT2D eigenvalue weighted by atomic mass is 10.1. The smallest absolute Gasteiger partial charge is 0.248 e. The standard InChI is InChI=1S/C16H22N2O6S/c1-25(21,22)9-7-15(19)18-13-10-23-8-6-14(13)24-12-4-2-11(3-5-12)16(17)20/h2-5,13-14H,6-10H2,1H3,(H2,17,20)(H,18,19)/t13-,14-/m1/s1. The zero-order valence-corrected chi connectivity index (χ0v) is 14.8. The Balaban J connectivity index is 1.95. The van der Waals surface area contributed by atoms with E-state index in [1.54, 1.807) is 24.3 Å². The number of primary amides is 1. The third kappa shape index (κ3) is 6.35. The monoisotopic (exact) mass is 370 g/mol. The number of sulfone groups is 1. The van der Waals surface area contributed by atoms with Gasteiger partial charge in [0.05, 0.1) is 25.0 Å². The van der Waals surface area contributed by atoms with Gasteiger partial charge in [0.1, 0.15) is 21.7 Å². The van der Waals surface area contributed by atoms with Crippen LogP contribution in [0.2, 0.25) is 0 Å². The SMILES string of the molecule is CS(=O)(=O)CCC(=O)N[C@@H]1COCC[C@H]1Oc1ccc(C(N)=O)cc1. The highest BCUT2D eigenvalue weighted by Gasteiger charge is 2.29. The Bertz CT molecular complexity index is 717. The van der Waals surface area contributed by atoms with Crippen LogP contribution in [0, 0.1) is 0 Å². The normalized spacial score (nSPS) is 20.7. The lowest BCUT2D eigenvalue weighted by molar-refractivity contribution is -0.123. The fraction of sp³-hybridized carbons (Fsp3) is 0.500. The Labute approximate surface area is 146 Å². The maximum Gasteiger partial charge on any atom is 0.248 e. The molecule has 0 unspecified atom stereocenters. The maximum absolute atomic E-state index is 11.9. The highest BCUT2D eigenvalue weighted by Crippen LogP contribution is 2.19. The molecule has 1 heterocycles. The third-order valence-corrected chi connectivity index (χ3v) is 4.71. The van der Waals surface area contributed by atoms with E-state index in [0.29, 0.717) is 24.3 Å². The predicted octanol–water partition coefficient (Wildman–Crippen LogP) is -0.127. The van der Waals surface area contributed by atoms with Gasteiger partial charge in [-0.3, -0.25) is 9.59 Å². The predicted molar refractivity (Wildman–Crippen MR) is 91.1 cm³/mol. The average molecular weight is 370 g/mol. The molecular weight excluding hydrogens is 348 g/mol. The summed E-state index contributed by atoms with van der Waals surface area (Å²) in [6.07, 6.45) is 1.26. The molecule has 2 amide bonds. The van der Waals surface area contributed by atoms with Crippen molar-refractivity contribution in [1.82, 2.24) is 5.32 Å². The van der Waals surface area contributed by atoms with E-state index in [2.05, 4.69) is 5.32 Å². The first kappa shape index (κ1) is 19.2. The van der Waals surface area contributed by atoms with Crippen LogP contribution in [0.15, 0.2) is 24.3 Å². The van der Waals surface area contributed by atoms with Crippen molar-refractivity contribution in [3.63, 3.8) is 0 Å². The Morgan fingerprint density at radius 3 is 2.60 bits per heavy atom. The number of benzene rings is 1. The molecule has 0 aromatic heterocycles. The summed E-state index contributed by atoms with van der Waals surface area (Å²) in [5.41, 5.74) is 5.58. The van der Waals surface area contributed by atoms with E-state index < -0.39 is 15.7 Å². The van der Waals surface area contributed by atoms with E-state index in [-0.39, 0.29) is 36.8 Å². The van der Waals surface area contributed by atoms with Crippen LogP contribution in [0.4, 0.5) is 0 Å². The third-order valence-electron chi connectivity index (χ3n) is 3.77. The molecule has 138 valence electrons. The number of amides is 2. The van der Waals surface area contributed by atoms with Crippen LogP contribution < -0.4 is 15.8 Å². The van der Waals surface area contributed by atoms with Crippen molar-refractivity contribution in [3.8, 4) is 5.75 Å². The van der Waals surface area contributed by atoms with Crippen LogP contribution in [0.25, 0.3) is 0 Å². The average Bonchev–Trinajstić information content (AvgIpc) is 2.55. The summed E-state index contributed by atoms with van der Waals surface area (Å²) in [5, 5.41) is 2.76. The maximum atomic E-state index is 11.9. The molecule has 0 saturated carbocycles. The number of hydrogen-bond acceptors (Lipinski definition) is 6. The molecule has 1 saturated heterocycles. The topological polar surface area (TPSA) is 125 Å². The van der Waals surface area contributed by atoms with Crippen LogP contribution in [-0.2, 0) is 19.4 Å². The zero-order valence-electron chi connectivity index (χ0n) is 13.9. The van der Waals surface area contributed by atoms with Gasteiger partial charge in [0.15, 0.2) is 0 Å². The summed E-state index contributed by atoms with van der Waals surface area (Å²) in [5.74, 6) is -0.536. The van der Waals surface area contributed by atoms with E-state index in [1.807, 2.05) is 0 Å². The van der Waals surface area contributed by atoms with Gasteiger partial charge in [-0.2, -0.15) is 0 Å². The molecule has 2 atom stereocenters. The van der Waals surface area contributed by atoms with Crippen LogP contribution in [0.5, 0.6) is 5.75 Å². The van der Waals surface area contributed by atoms with E-state index in [4.69, 9.17) is 15.2 Å². The molecular formula is C16H22N2O6S. The second kappa shape index (κ2) is 8.30. The van der Waals surface area contributed by atoms with Crippen LogP contribution in [0.1, 0.15) is 23.2 Å². The molecule has 0 aliphatic carbocycles. The largest absolute Gasteiger partial charge is 0.488 e. The first-order valence-corrected chi connectivity index (χ1v) is 9.92. The minimum absolute atomic E-state index is 0.102. The van der Waals surface area contributed by atoms with Crippen molar-refractivity contribution in [2.75, 3.05) is 25.2 Å². The number of nitrogens with two attached hydrogens (primary N) is 1. The van der Waals surface area contributed by atoms with Crippen molar-refractivity contribution in [2.24, 2.45) is 5.73 Å². The van der Waals surface area contributed by atoms with Crippen molar-refractivity contribution >= 4 is 21.7 Å². The van der Waals surface area contributed by atoms with Crippen LogP contribution >= 0.6 is 0 Å². The Morgan fingerprint density at radius 1 is 1.32 bits per heavy atom. The fourth-order valence-corrected chi connectivity index (χ4v) is 2.98. The van der Waals surface area contributed by atoms with Gasteiger partial charge in [-0.25, -0.2) is 8.42 Å². The summed E-state index contributed by atoms with van der Waals surface area (Å²) < 4.78 is 33.5. The molecule has 1 aromatic carbocycles. The molecule has 25 heavy (non-hydrogen) atoms. The number of carbonyl (C=O) groups excluding carboxylic acids is 2. The molecule has 1 aromatic rings. The molecule has 1 fully saturated rings. The summed E-state index contributed by atoms with van der Waals surface area (Å²) in [4.78, 5) is 23.0. The summed E-state index contributed by atoms with van der Waals surface area (Å²) in [7, 11) is -3.19. The van der Waals surface area contributed by atoms with Crippen LogP contribution in [0.3, 0.4) is 0 Å². The van der Waals surface area contributed by atoms with Gasteiger partial charge < -0.3 is 20.5 Å². The molecule has 0 radical (unpaired) electrons. The quantitative estimate of drug-likeness (QED) is 0.689. The van der Waals surface area contributed by atoms with E-state index >= 15 is 0 Å². The molecule has 0 bridgehead atoms. The van der Waals surface area contributed by atoms with Crippen molar-refractivity contribution in [3.05, 3.63) is 29.8 Å². The van der Waals surface area contributed by atoms with Gasteiger partial charge >= 0.3 is 0 Å². The van der Waals surface area contributed by atoms with Gasteiger partial charge in [0.2, 0.25) is 11.8 Å². The number of carbonyl (C=O) groups is 2. The first-order valence-electron chi connectivity index (χ1n) is 7.86. The van der Waals surface area contributed by atoms with Gasteiger partial charge in [-0.15, -0.1) is 0 Å². The highest BCUT2D eigenvalue weighted by atomic mass is 32.2. The highest BCUT2D eigenvalue weighted by molar-refractivity contribution is 7.90. The van der Waals surface area contributed by atoms with Crippen molar-refractivity contribution < 1.29 is 27.5 Å². The van der Waals surface area contributed by atoms with E-state index in [0.717, 1.165) is 6.26 Å². The summed E-state index contributed by atoms with van der Waals surface area (Å²) in [6, 6.07) is 6.03. The number of nitrogens with one attached hydrogen (secondary N) is 1. The van der Waals surface area contributed by atoms with E-state index in [9.17, 15) is 18.0 Å². The van der Waals surface area contributed by atoms with Gasteiger partial charge in [-0.1, -0.05) is 0 Å². The Kier molecular flexibility index (Phi) is 6.38. The molecule has 3 N–H and O–H groups in total. The second-order valence-corrected chi connectivity index (χ2v) is 8.22. The lowest BCUT2D eigenvalue weighted by Gasteiger charge is -2.32. The minimum Gasteiger partial charge on any atom is -0.488 e. The van der Waals surface area contributed by atoms with E-state index in [1.165, 1.54) is 0 Å². The van der Waals surface area contributed by atoms with Crippen LogP contribution in [-0.4, -0.2) is 57.6 Å². The molecule has 2 rings (SSSR count). The fourth-order valence-electron chi connectivity index (χ4n) is 2.42. The molecule has 8 nitrogen and oxygen atoms in total. The molecule has 9 heteroatoms. The van der Waals surface area contributed by atoms with Crippen molar-refractivity contribution in [2.45, 2.75) is 25.0 Å². The van der Waals surface area contributed by atoms with Crippen molar-refractivity contribution in [1.29, 1.82) is 0 Å². The number of rotatable bonds is 7. The Hall–Kier alpha value is -2.13. The number of hydrogen-bond donors (Lipinski definition) is 2. The zero-order chi connectivity index (χ0) is 18.4. The minimum atomic E-state index is -3.19. The van der Waals surface area contributed by atoms with Gasteiger partial charge in [-0.05, 0) is 24.3 Å². The molecule has 1 aliphatic heterocycles. The summed E-state index contributed by atoms with van der Waals surface area (Å²) >= 11 is 0. The van der Waals surface area contributed by atoms with Gasteiger partial charge in [0, 0.05) is 24.7 Å². The molecule has 0 spiro atoms. The lowest BCUT2D eigenvalue weighted by Crippen LogP contribution is -2.52. The summed E-state index contributed by atoms with van der Waals surface area (Å²) in [6.45, 7) is 0.786. The second-order valence-electron chi connectivity index (χ2n) is 5.96. The number of ether oxygens (including phenoxy) is 2.